The van der Waals surface area contributed by atoms with Crippen LogP contribution in [0.15, 0.2) is 97.6 Å². The first-order valence-electron chi connectivity index (χ1n) is 11.0. The van der Waals surface area contributed by atoms with E-state index in [0.717, 1.165) is 16.8 Å². The van der Waals surface area contributed by atoms with Gasteiger partial charge in [0, 0.05) is 11.4 Å². The number of rotatable bonds is 9. The van der Waals surface area contributed by atoms with E-state index in [1.807, 2.05) is 84.9 Å². The minimum Gasteiger partial charge on any atom is -0.497 e. The van der Waals surface area contributed by atoms with Crippen molar-refractivity contribution in [1.29, 1.82) is 0 Å². The fraction of sp³-hybridized carbons (Fsp3) is 0.214. The lowest BCUT2D eigenvalue weighted by Gasteiger charge is -2.58. The van der Waals surface area contributed by atoms with Crippen molar-refractivity contribution < 1.29 is 19.1 Å². The maximum Gasteiger partial charge on any atom is 0.315 e. The smallest absolute Gasteiger partial charge is 0.315 e. The average molecular weight is 474 g/mol. The molecule has 34 heavy (non-hydrogen) atoms. The molecule has 1 saturated heterocycles. The van der Waals surface area contributed by atoms with Crippen molar-refractivity contribution in [2.24, 2.45) is 0 Å². The normalized spacial score (nSPS) is 20.2. The van der Waals surface area contributed by atoms with Crippen LogP contribution in [0.4, 0.5) is 5.69 Å². The van der Waals surface area contributed by atoms with Gasteiger partial charge in [-0.15, -0.1) is 18.3 Å². The molecule has 3 atom stereocenters. The van der Waals surface area contributed by atoms with Crippen molar-refractivity contribution in [2.75, 3.05) is 24.9 Å². The van der Waals surface area contributed by atoms with Crippen LogP contribution in [0.5, 0.6) is 5.75 Å². The summed E-state index contributed by atoms with van der Waals surface area (Å²) in [6.45, 7) is 3.86. The van der Waals surface area contributed by atoms with E-state index >= 15 is 0 Å². The van der Waals surface area contributed by atoms with Crippen LogP contribution in [0.3, 0.4) is 0 Å². The third-order valence-corrected chi connectivity index (χ3v) is 7.64. The fourth-order valence-corrected chi connectivity index (χ4v) is 6.03. The molecule has 5 nitrogen and oxygen atoms in total. The molecule has 0 aromatic heterocycles. The summed E-state index contributed by atoms with van der Waals surface area (Å²) in [7, 11) is 2.97. The van der Waals surface area contributed by atoms with E-state index in [0.29, 0.717) is 11.5 Å². The van der Waals surface area contributed by atoms with Crippen LogP contribution < -0.4 is 9.64 Å². The Labute approximate surface area is 204 Å². The molecule has 1 aliphatic rings. The molecular formula is C28H27NO4S. The van der Waals surface area contributed by atoms with Crippen molar-refractivity contribution in [2.45, 2.75) is 16.7 Å². The highest BCUT2D eigenvalue weighted by Crippen LogP contribution is 2.60. The van der Waals surface area contributed by atoms with Gasteiger partial charge in [0.2, 0.25) is 5.91 Å². The maximum atomic E-state index is 14.2. The van der Waals surface area contributed by atoms with Crippen molar-refractivity contribution >= 4 is 29.3 Å². The summed E-state index contributed by atoms with van der Waals surface area (Å²) in [5, 5.41) is 0. The summed E-state index contributed by atoms with van der Waals surface area (Å²) >= 11 is 1.44. The van der Waals surface area contributed by atoms with Crippen LogP contribution in [-0.2, 0) is 14.3 Å². The fourth-order valence-electron chi connectivity index (χ4n) is 4.61. The molecule has 174 valence electrons. The second kappa shape index (κ2) is 10.2. The second-order valence-corrected chi connectivity index (χ2v) is 9.24. The zero-order chi connectivity index (χ0) is 24.1. The van der Waals surface area contributed by atoms with Gasteiger partial charge in [-0.2, -0.15) is 0 Å². The van der Waals surface area contributed by atoms with Gasteiger partial charge in [0.05, 0.1) is 20.3 Å². The molecule has 1 heterocycles. The van der Waals surface area contributed by atoms with Gasteiger partial charge in [0.1, 0.15) is 16.4 Å². The van der Waals surface area contributed by atoms with Crippen molar-refractivity contribution in [3.63, 3.8) is 0 Å². The summed E-state index contributed by atoms with van der Waals surface area (Å²) in [6.07, 6.45) is 1.76. The molecule has 6 heteroatoms. The topological polar surface area (TPSA) is 55.8 Å². The predicted molar refractivity (Wildman–Crippen MR) is 136 cm³/mol. The van der Waals surface area contributed by atoms with E-state index in [1.165, 1.54) is 18.9 Å². The third-order valence-electron chi connectivity index (χ3n) is 6.12. The van der Waals surface area contributed by atoms with E-state index in [2.05, 4.69) is 6.58 Å². The number of thioether (sulfide) groups is 1. The van der Waals surface area contributed by atoms with E-state index in [4.69, 9.17) is 9.47 Å². The van der Waals surface area contributed by atoms with E-state index in [-0.39, 0.29) is 5.91 Å². The number of esters is 1. The lowest BCUT2D eigenvalue weighted by Crippen LogP contribution is -2.70. The zero-order valence-electron chi connectivity index (χ0n) is 19.2. The number of ether oxygens (including phenoxy) is 2. The summed E-state index contributed by atoms with van der Waals surface area (Å²) in [6, 6.07) is 26.2. The monoisotopic (exact) mass is 473 g/mol. The molecule has 0 N–H and O–H groups in total. The number of hydrogen-bond acceptors (Lipinski definition) is 5. The van der Waals surface area contributed by atoms with Crippen molar-refractivity contribution in [3.8, 4) is 5.75 Å². The Morgan fingerprint density at radius 3 is 2.21 bits per heavy atom. The van der Waals surface area contributed by atoms with Gasteiger partial charge in [0.25, 0.3) is 0 Å². The van der Waals surface area contributed by atoms with Crippen molar-refractivity contribution in [3.05, 3.63) is 109 Å². The number of amides is 1. The zero-order valence-corrected chi connectivity index (χ0v) is 20.0. The lowest BCUT2D eigenvalue weighted by molar-refractivity contribution is -0.147. The Morgan fingerprint density at radius 2 is 1.65 bits per heavy atom. The van der Waals surface area contributed by atoms with Crippen LogP contribution in [0, 0.1) is 0 Å². The number of β-lactam (4-membered cyclic amide) rings is 1. The highest BCUT2D eigenvalue weighted by molar-refractivity contribution is 8.01. The first-order valence-corrected chi connectivity index (χ1v) is 12.0. The molecule has 1 amide bonds. The van der Waals surface area contributed by atoms with Gasteiger partial charge in [0.15, 0.2) is 0 Å². The molecule has 3 aromatic rings. The van der Waals surface area contributed by atoms with Gasteiger partial charge in [-0.25, -0.2) is 0 Å². The van der Waals surface area contributed by atoms with Gasteiger partial charge in [-0.05, 0) is 35.4 Å². The molecule has 3 aromatic carbocycles. The minimum atomic E-state index is -1.11. The molecule has 0 radical (unpaired) electrons. The first-order chi connectivity index (χ1) is 16.6. The summed E-state index contributed by atoms with van der Waals surface area (Å²) in [4.78, 5) is 29.3. The molecule has 3 unspecified atom stereocenters. The summed E-state index contributed by atoms with van der Waals surface area (Å²) in [5.74, 6) is -0.164. The Hall–Kier alpha value is -3.51. The average Bonchev–Trinajstić information content (AvgIpc) is 2.90. The number of carbonyl (C=O) groups is 2. The molecule has 0 saturated carbocycles. The van der Waals surface area contributed by atoms with Crippen LogP contribution in [0.1, 0.15) is 23.1 Å². The number of nitrogens with zero attached hydrogens (tertiary/aromatic N) is 1. The van der Waals surface area contributed by atoms with Crippen LogP contribution in [-0.4, -0.2) is 36.6 Å². The van der Waals surface area contributed by atoms with Crippen LogP contribution in [0.25, 0.3) is 0 Å². The maximum absolute atomic E-state index is 14.2. The van der Waals surface area contributed by atoms with Crippen LogP contribution in [0.2, 0.25) is 0 Å². The standard InChI is InChI=1S/C28H27NO4S/c1-4-19-34-28(24(26(30)33-3)20-11-7-5-8-12-20)25(21-13-9-6-10-14-21)29(27(28)31)22-15-17-23(32-2)18-16-22/h4-18,24-25H,1,19H2,2-3H3. The first kappa shape index (κ1) is 23.6. The highest BCUT2D eigenvalue weighted by atomic mass is 32.2. The number of benzene rings is 3. The SMILES string of the molecule is C=CCSC1(C(C(=O)OC)c2ccccc2)C(=O)N(c2ccc(OC)cc2)C1c1ccccc1. The Morgan fingerprint density at radius 1 is 1.03 bits per heavy atom. The van der Waals surface area contributed by atoms with Gasteiger partial charge >= 0.3 is 5.97 Å². The minimum absolute atomic E-state index is 0.141. The summed E-state index contributed by atoms with van der Waals surface area (Å²) in [5.41, 5.74) is 2.43. The van der Waals surface area contributed by atoms with Crippen LogP contribution >= 0.6 is 11.8 Å². The van der Waals surface area contributed by atoms with Gasteiger partial charge < -0.3 is 14.4 Å². The molecule has 4 rings (SSSR count). The second-order valence-electron chi connectivity index (χ2n) is 7.95. The molecule has 1 fully saturated rings. The highest BCUT2D eigenvalue weighted by Gasteiger charge is 2.68. The van der Waals surface area contributed by atoms with E-state index in [9.17, 15) is 9.59 Å². The molecule has 1 aliphatic heterocycles. The molecule has 0 aliphatic carbocycles. The number of hydrogen-bond donors (Lipinski definition) is 0. The van der Waals surface area contributed by atoms with Crippen molar-refractivity contribution in [1.82, 2.24) is 0 Å². The number of methoxy groups -OCH3 is 2. The number of carbonyl (C=O) groups excluding carboxylic acids is 2. The van der Waals surface area contributed by atoms with Gasteiger partial charge in [-0.1, -0.05) is 66.7 Å². The Kier molecular flexibility index (Phi) is 7.08. The molecule has 0 bridgehead atoms. The number of anilines is 1. The van der Waals surface area contributed by atoms with E-state index < -0.39 is 22.7 Å². The quantitative estimate of drug-likeness (QED) is 0.237. The Bertz CT molecular complexity index is 1150. The predicted octanol–water partition coefficient (Wildman–Crippen LogP) is 5.40. The van der Waals surface area contributed by atoms with E-state index in [1.54, 1.807) is 18.1 Å². The van der Waals surface area contributed by atoms with Gasteiger partial charge in [-0.3, -0.25) is 9.59 Å². The lowest BCUT2D eigenvalue weighted by atomic mass is 9.70. The third kappa shape index (κ3) is 3.99. The molecule has 0 spiro atoms. The largest absolute Gasteiger partial charge is 0.497 e. The molecular weight excluding hydrogens is 446 g/mol. The summed E-state index contributed by atoms with van der Waals surface area (Å²) < 4.78 is 9.46. The Balaban J connectivity index is 1.92.